The van der Waals surface area contributed by atoms with Crippen LogP contribution in [0, 0.1) is 11.3 Å². The highest BCUT2D eigenvalue weighted by atomic mass is 32.1. The summed E-state index contributed by atoms with van der Waals surface area (Å²) in [5, 5.41) is 3.12. The Morgan fingerprint density at radius 2 is 2.19 bits per heavy atom. The van der Waals surface area contributed by atoms with Crippen molar-refractivity contribution < 1.29 is 4.79 Å². The number of carbonyl (C=O) groups excluding carboxylic acids is 1. The van der Waals surface area contributed by atoms with E-state index in [2.05, 4.69) is 12.2 Å². The molecule has 16 heavy (non-hydrogen) atoms. The van der Waals surface area contributed by atoms with Crippen LogP contribution in [0.25, 0.3) is 0 Å². The fraction of sp³-hybridized carbons (Fsp3) is 0.833. The molecule has 2 aliphatic carbocycles. The van der Waals surface area contributed by atoms with E-state index in [0.717, 1.165) is 31.6 Å². The summed E-state index contributed by atoms with van der Waals surface area (Å²) in [6.07, 6.45) is 6.42. The highest BCUT2D eigenvalue weighted by Crippen LogP contribution is 2.46. The van der Waals surface area contributed by atoms with E-state index < -0.39 is 5.41 Å². The molecule has 0 radical (unpaired) electrons. The fourth-order valence-electron chi connectivity index (χ4n) is 2.12. The van der Waals surface area contributed by atoms with Gasteiger partial charge in [0, 0.05) is 6.04 Å². The van der Waals surface area contributed by atoms with Crippen LogP contribution < -0.4 is 11.1 Å². The first kappa shape index (κ1) is 11.8. The van der Waals surface area contributed by atoms with Gasteiger partial charge in [-0.3, -0.25) is 4.79 Å². The number of carbonyl (C=O) groups is 1. The summed E-state index contributed by atoms with van der Waals surface area (Å²) >= 11 is 4.98. The molecule has 4 heteroatoms. The average molecular weight is 240 g/mol. The Morgan fingerprint density at radius 1 is 1.56 bits per heavy atom. The SMILES string of the molecule is CCC(CC1CC1)NC(=O)C1(C(N)=S)CC1. The summed E-state index contributed by atoms with van der Waals surface area (Å²) in [5.74, 6) is 0.901. The van der Waals surface area contributed by atoms with Crippen LogP contribution in [0.5, 0.6) is 0 Å². The van der Waals surface area contributed by atoms with E-state index in [9.17, 15) is 4.79 Å². The fourth-order valence-corrected chi connectivity index (χ4v) is 2.41. The number of thiocarbonyl (C=S) groups is 1. The molecule has 1 atom stereocenters. The Morgan fingerprint density at radius 3 is 2.56 bits per heavy atom. The Kier molecular flexibility index (Phi) is 3.19. The van der Waals surface area contributed by atoms with Gasteiger partial charge in [0.1, 0.15) is 0 Å². The molecule has 0 aromatic heterocycles. The van der Waals surface area contributed by atoms with Crippen LogP contribution in [0.4, 0.5) is 0 Å². The molecular formula is C12H20N2OS. The minimum atomic E-state index is -0.494. The summed E-state index contributed by atoms with van der Waals surface area (Å²) < 4.78 is 0. The van der Waals surface area contributed by atoms with Gasteiger partial charge < -0.3 is 11.1 Å². The van der Waals surface area contributed by atoms with Crippen molar-refractivity contribution in [1.29, 1.82) is 0 Å². The third kappa shape index (κ3) is 2.37. The van der Waals surface area contributed by atoms with Crippen molar-refractivity contribution in [2.24, 2.45) is 17.1 Å². The van der Waals surface area contributed by atoms with Gasteiger partial charge in [-0.1, -0.05) is 32.0 Å². The van der Waals surface area contributed by atoms with Crippen molar-refractivity contribution in [1.82, 2.24) is 5.32 Å². The van der Waals surface area contributed by atoms with Gasteiger partial charge in [-0.15, -0.1) is 0 Å². The second-order valence-corrected chi connectivity index (χ2v) is 5.64. The predicted molar refractivity (Wildman–Crippen MR) is 68.0 cm³/mol. The molecule has 1 unspecified atom stereocenters. The molecule has 0 aromatic carbocycles. The normalized spacial score (nSPS) is 23.6. The predicted octanol–water partition coefficient (Wildman–Crippen LogP) is 1.75. The lowest BCUT2D eigenvalue weighted by Gasteiger charge is -2.20. The second kappa shape index (κ2) is 4.32. The number of rotatable bonds is 6. The van der Waals surface area contributed by atoms with Crippen LogP contribution in [0.15, 0.2) is 0 Å². The molecule has 0 aromatic rings. The van der Waals surface area contributed by atoms with Gasteiger partial charge in [-0.2, -0.15) is 0 Å². The highest BCUT2D eigenvalue weighted by molar-refractivity contribution is 7.80. The van der Waals surface area contributed by atoms with Crippen LogP contribution >= 0.6 is 12.2 Å². The Bertz CT molecular complexity index is 308. The Labute approximate surface area is 102 Å². The van der Waals surface area contributed by atoms with Gasteiger partial charge in [-0.25, -0.2) is 0 Å². The van der Waals surface area contributed by atoms with Crippen molar-refractivity contribution in [3.05, 3.63) is 0 Å². The lowest BCUT2D eigenvalue weighted by Crippen LogP contribution is -2.44. The van der Waals surface area contributed by atoms with Crippen LogP contribution in [0.3, 0.4) is 0 Å². The van der Waals surface area contributed by atoms with E-state index in [4.69, 9.17) is 18.0 Å². The highest BCUT2D eigenvalue weighted by Gasteiger charge is 2.53. The van der Waals surface area contributed by atoms with Gasteiger partial charge in [-0.05, 0) is 31.6 Å². The van der Waals surface area contributed by atoms with E-state index >= 15 is 0 Å². The third-order valence-corrected chi connectivity index (χ3v) is 4.19. The van der Waals surface area contributed by atoms with Crippen molar-refractivity contribution in [2.75, 3.05) is 0 Å². The van der Waals surface area contributed by atoms with E-state index in [0.29, 0.717) is 11.0 Å². The standard InChI is InChI=1S/C12H20N2OS/c1-2-9(7-8-3-4-8)14-11(15)12(5-6-12)10(13)16/h8-9H,2-7H2,1H3,(H2,13,16)(H,14,15). The van der Waals surface area contributed by atoms with Crippen molar-refractivity contribution in [3.8, 4) is 0 Å². The summed E-state index contributed by atoms with van der Waals surface area (Å²) in [5.41, 5.74) is 5.14. The molecule has 2 rings (SSSR count). The molecule has 2 saturated carbocycles. The Hall–Kier alpha value is -0.640. The zero-order valence-corrected chi connectivity index (χ0v) is 10.6. The van der Waals surface area contributed by atoms with Gasteiger partial charge in [0.2, 0.25) is 5.91 Å². The molecule has 0 heterocycles. The minimum Gasteiger partial charge on any atom is -0.392 e. The van der Waals surface area contributed by atoms with Crippen LogP contribution in [-0.4, -0.2) is 16.9 Å². The zero-order chi connectivity index (χ0) is 11.8. The molecular weight excluding hydrogens is 220 g/mol. The smallest absolute Gasteiger partial charge is 0.233 e. The van der Waals surface area contributed by atoms with Crippen LogP contribution in [0.1, 0.15) is 45.4 Å². The first-order valence-corrected chi connectivity index (χ1v) is 6.60. The molecule has 0 saturated heterocycles. The van der Waals surface area contributed by atoms with E-state index in [1.807, 2.05) is 0 Å². The average Bonchev–Trinajstić information content (AvgIpc) is 3.10. The molecule has 0 bridgehead atoms. The van der Waals surface area contributed by atoms with Crippen LogP contribution in [0.2, 0.25) is 0 Å². The zero-order valence-electron chi connectivity index (χ0n) is 9.79. The van der Waals surface area contributed by atoms with Crippen molar-refractivity contribution >= 4 is 23.1 Å². The molecule has 3 nitrogen and oxygen atoms in total. The first-order valence-electron chi connectivity index (χ1n) is 6.19. The summed E-state index contributed by atoms with van der Waals surface area (Å²) in [7, 11) is 0. The largest absolute Gasteiger partial charge is 0.392 e. The second-order valence-electron chi connectivity index (χ2n) is 5.20. The van der Waals surface area contributed by atoms with Gasteiger partial charge >= 0.3 is 0 Å². The maximum atomic E-state index is 12.1. The van der Waals surface area contributed by atoms with E-state index in [1.165, 1.54) is 12.8 Å². The summed E-state index contributed by atoms with van der Waals surface area (Å²) in [6.45, 7) is 2.12. The number of hydrogen-bond donors (Lipinski definition) is 2. The molecule has 90 valence electrons. The van der Waals surface area contributed by atoms with E-state index in [-0.39, 0.29) is 5.91 Å². The Balaban J connectivity index is 1.87. The molecule has 0 spiro atoms. The third-order valence-electron chi connectivity index (χ3n) is 3.80. The number of amides is 1. The summed E-state index contributed by atoms with van der Waals surface area (Å²) in [4.78, 5) is 12.4. The molecule has 2 fully saturated rings. The van der Waals surface area contributed by atoms with Crippen LogP contribution in [-0.2, 0) is 4.79 Å². The molecule has 3 N–H and O–H groups in total. The monoisotopic (exact) mass is 240 g/mol. The number of hydrogen-bond acceptors (Lipinski definition) is 2. The van der Waals surface area contributed by atoms with Gasteiger partial charge in [0.15, 0.2) is 0 Å². The maximum absolute atomic E-state index is 12.1. The minimum absolute atomic E-state index is 0.0625. The molecule has 2 aliphatic rings. The number of nitrogens with two attached hydrogens (primary N) is 1. The number of nitrogens with one attached hydrogen (secondary N) is 1. The molecule has 0 aliphatic heterocycles. The van der Waals surface area contributed by atoms with E-state index in [1.54, 1.807) is 0 Å². The van der Waals surface area contributed by atoms with Gasteiger partial charge in [0.25, 0.3) is 0 Å². The summed E-state index contributed by atoms with van der Waals surface area (Å²) in [6, 6.07) is 0.312. The quantitative estimate of drug-likeness (QED) is 0.695. The van der Waals surface area contributed by atoms with Gasteiger partial charge in [0.05, 0.1) is 10.4 Å². The van der Waals surface area contributed by atoms with Crippen molar-refractivity contribution in [2.45, 2.75) is 51.5 Å². The van der Waals surface area contributed by atoms with Crippen molar-refractivity contribution in [3.63, 3.8) is 0 Å². The maximum Gasteiger partial charge on any atom is 0.233 e. The lowest BCUT2D eigenvalue weighted by atomic mass is 10.0. The topological polar surface area (TPSA) is 55.1 Å². The first-order chi connectivity index (χ1) is 7.58. The lowest BCUT2D eigenvalue weighted by molar-refractivity contribution is -0.124. The molecule has 1 amide bonds.